The molecule has 0 spiro atoms. The van der Waals surface area contributed by atoms with Gasteiger partial charge in [-0.2, -0.15) is 0 Å². The minimum Gasteiger partial charge on any atom is -0.346 e. The number of aromatic nitrogens is 2. The third kappa shape index (κ3) is 6.06. The Morgan fingerprint density at radius 1 is 1.10 bits per heavy atom. The Bertz CT molecular complexity index is 1020. The van der Waals surface area contributed by atoms with Gasteiger partial charge in [-0.1, -0.05) is 37.7 Å². The normalized spacial score (nSPS) is 11.1. The zero-order valence-electron chi connectivity index (χ0n) is 17.0. The first-order valence-electron chi connectivity index (χ1n) is 9.82. The lowest BCUT2D eigenvalue weighted by molar-refractivity contribution is -0.122. The number of carbonyl (C=O) groups is 2. The Morgan fingerprint density at radius 2 is 1.83 bits per heavy atom. The summed E-state index contributed by atoms with van der Waals surface area (Å²) in [6, 6.07) is 13.4. The number of hydrogen-bond donors (Lipinski definition) is 2. The highest BCUT2D eigenvalue weighted by molar-refractivity contribution is 7.99. The number of nitrogens with zero attached hydrogens (tertiary/aromatic N) is 2. The van der Waals surface area contributed by atoms with Gasteiger partial charge in [0.1, 0.15) is 5.82 Å². The fourth-order valence-corrected chi connectivity index (χ4v) is 3.74. The van der Waals surface area contributed by atoms with Gasteiger partial charge in [0.2, 0.25) is 11.8 Å². The van der Waals surface area contributed by atoms with Gasteiger partial charge in [-0.3, -0.25) is 9.59 Å². The fraction of sp³-hybridized carbons (Fsp3) is 0.318. The number of fused-ring (bicyclic) bond motifs is 1. The van der Waals surface area contributed by atoms with Gasteiger partial charge in [-0.15, -0.1) is 0 Å². The van der Waals surface area contributed by atoms with E-state index >= 15 is 0 Å². The Morgan fingerprint density at radius 3 is 2.57 bits per heavy atom. The molecule has 0 aliphatic rings. The summed E-state index contributed by atoms with van der Waals surface area (Å²) in [6.45, 7) is 5.04. The van der Waals surface area contributed by atoms with Crippen LogP contribution in [0.15, 0.2) is 53.7 Å². The molecule has 1 heterocycles. The van der Waals surface area contributed by atoms with Gasteiger partial charge >= 0.3 is 0 Å². The van der Waals surface area contributed by atoms with E-state index in [1.165, 1.54) is 36.0 Å². The first-order chi connectivity index (χ1) is 14.4. The van der Waals surface area contributed by atoms with Crippen molar-refractivity contribution in [2.45, 2.75) is 32.0 Å². The molecule has 2 aromatic carbocycles. The third-order valence-corrected chi connectivity index (χ3v) is 5.43. The number of carbonyl (C=O) groups excluding carboxylic acids is 2. The minimum absolute atomic E-state index is 0.152. The van der Waals surface area contributed by atoms with Gasteiger partial charge in [0, 0.05) is 12.2 Å². The molecule has 0 saturated heterocycles. The monoisotopic (exact) mass is 428 g/mol. The molecule has 0 radical (unpaired) electrons. The number of para-hydroxylation sites is 2. The van der Waals surface area contributed by atoms with E-state index in [-0.39, 0.29) is 29.9 Å². The summed E-state index contributed by atoms with van der Waals surface area (Å²) in [5.74, 6) is -0.278. The fourth-order valence-electron chi connectivity index (χ4n) is 2.87. The number of nitrogens with one attached hydrogen (secondary N) is 2. The first kappa shape index (κ1) is 21.8. The van der Waals surface area contributed by atoms with Crippen molar-refractivity contribution in [3.05, 3.63) is 54.3 Å². The molecule has 8 heteroatoms. The Balaban J connectivity index is 1.53. The van der Waals surface area contributed by atoms with Crippen molar-refractivity contribution in [3.8, 4) is 0 Å². The van der Waals surface area contributed by atoms with Crippen LogP contribution in [0, 0.1) is 11.7 Å². The molecule has 0 saturated carbocycles. The van der Waals surface area contributed by atoms with Crippen LogP contribution >= 0.6 is 11.8 Å². The highest BCUT2D eigenvalue weighted by Crippen LogP contribution is 2.25. The largest absolute Gasteiger partial charge is 0.346 e. The van der Waals surface area contributed by atoms with E-state index < -0.39 is 0 Å². The van der Waals surface area contributed by atoms with Gasteiger partial charge < -0.3 is 15.2 Å². The molecular weight excluding hydrogens is 403 g/mol. The average Bonchev–Trinajstić information content (AvgIpc) is 3.08. The predicted molar refractivity (Wildman–Crippen MR) is 118 cm³/mol. The van der Waals surface area contributed by atoms with Crippen LogP contribution in [0.4, 0.5) is 10.1 Å². The number of hydrogen-bond acceptors (Lipinski definition) is 4. The molecule has 0 atom stereocenters. The molecule has 0 aliphatic heterocycles. The van der Waals surface area contributed by atoms with E-state index in [2.05, 4.69) is 34.0 Å². The molecule has 0 fully saturated rings. The van der Waals surface area contributed by atoms with E-state index in [0.29, 0.717) is 11.6 Å². The number of halogens is 1. The first-order valence-corrected chi connectivity index (χ1v) is 10.8. The van der Waals surface area contributed by atoms with Crippen molar-refractivity contribution in [3.63, 3.8) is 0 Å². The molecule has 3 rings (SSSR count). The summed E-state index contributed by atoms with van der Waals surface area (Å²) < 4.78 is 15.1. The van der Waals surface area contributed by atoms with Crippen molar-refractivity contribution >= 4 is 40.3 Å². The zero-order chi connectivity index (χ0) is 21.5. The number of anilines is 1. The Kier molecular flexibility index (Phi) is 7.46. The minimum atomic E-state index is -0.377. The third-order valence-electron chi connectivity index (χ3n) is 4.46. The lowest BCUT2D eigenvalue weighted by Crippen LogP contribution is -2.33. The van der Waals surface area contributed by atoms with Crippen LogP contribution in [0.25, 0.3) is 11.0 Å². The lowest BCUT2D eigenvalue weighted by atomic mass is 10.1. The maximum absolute atomic E-state index is 12.9. The molecule has 6 nitrogen and oxygen atoms in total. The molecule has 0 bridgehead atoms. The van der Waals surface area contributed by atoms with E-state index in [1.54, 1.807) is 0 Å². The van der Waals surface area contributed by atoms with E-state index in [0.717, 1.165) is 29.2 Å². The molecule has 1 aromatic heterocycles. The van der Waals surface area contributed by atoms with E-state index in [4.69, 9.17) is 0 Å². The highest BCUT2D eigenvalue weighted by atomic mass is 32.2. The summed E-state index contributed by atoms with van der Waals surface area (Å²) in [5, 5.41) is 6.01. The number of aryl methyl sites for hydroxylation is 1. The summed E-state index contributed by atoms with van der Waals surface area (Å²) >= 11 is 1.36. The molecule has 0 aliphatic carbocycles. The number of amides is 2. The van der Waals surface area contributed by atoms with Crippen LogP contribution in [-0.2, 0) is 16.1 Å². The maximum Gasteiger partial charge on any atom is 0.243 e. The topological polar surface area (TPSA) is 76.0 Å². The lowest BCUT2D eigenvalue weighted by Gasteiger charge is -2.11. The van der Waals surface area contributed by atoms with Crippen molar-refractivity contribution < 1.29 is 14.0 Å². The number of rotatable bonds is 9. The molecule has 2 N–H and O–H groups in total. The van der Waals surface area contributed by atoms with Crippen LogP contribution in [0.2, 0.25) is 0 Å². The molecule has 0 unspecified atom stereocenters. The van der Waals surface area contributed by atoms with E-state index in [1.807, 2.05) is 24.3 Å². The molecule has 158 valence electrons. The standard InChI is InChI=1S/C22H25FN4O2S/c1-15(2)11-12-27-19-6-4-3-5-18(19)26-22(27)30-14-21(29)24-13-20(28)25-17-9-7-16(23)8-10-17/h3-10,15H,11-14H2,1-2H3,(H,24,29)(H,25,28). The zero-order valence-corrected chi connectivity index (χ0v) is 17.8. The molecule has 3 aromatic rings. The number of imidazole rings is 1. The second-order valence-electron chi connectivity index (χ2n) is 7.34. The number of thioether (sulfide) groups is 1. The van der Waals surface area contributed by atoms with Crippen LogP contribution in [0.3, 0.4) is 0 Å². The van der Waals surface area contributed by atoms with Gasteiger partial charge in [0.15, 0.2) is 5.16 Å². The summed E-state index contributed by atoms with van der Waals surface area (Å²) in [5.41, 5.74) is 2.44. The van der Waals surface area contributed by atoms with Crippen molar-refractivity contribution in [2.24, 2.45) is 5.92 Å². The van der Waals surface area contributed by atoms with Gasteiger partial charge in [-0.25, -0.2) is 9.37 Å². The molecule has 30 heavy (non-hydrogen) atoms. The Hall–Kier alpha value is -2.87. The van der Waals surface area contributed by atoms with Crippen molar-refractivity contribution in [2.75, 3.05) is 17.6 Å². The molecular formula is C22H25FN4O2S. The van der Waals surface area contributed by atoms with Crippen LogP contribution in [0.5, 0.6) is 0 Å². The van der Waals surface area contributed by atoms with Crippen LogP contribution in [0.1, 0.15) is 20.3 Å². The van der Waals surface area contributed by atoms with Crippen molar-refractivity contribution in [1.29, 1.82) is 0 Å². The average molecular weight is 429 g/mol. The van der Waals surface area contributed by atoms with Crippen molar-refractivity contribution in [1.82, 2.24) is 14.9 Å². The van der Waals surface area contributed by atoms with Gasteiger partial charge in [0.25, 0.3) is 0 Å². The SMILES string of the molecule is CC(C)CCn1c(SCC(=O)NCC(=O)Nc2ccc(F)cc2)nc2ccccc21. The van der Waals surface area contributed by atoms with Gasteiger partial charge in [0.05, 0.1) is 23.3 Å². The van der Waals surface area contributed by atoms with Crippen LogP contribution < -0.4 is 10.6 Å². The van der Waals surface area contributed by atoms with E-state index in [9.17, 15) is 14.0 Å². The van der Waals surface area contributed by atoms with Gasteiger partial charge in [-0.05, 0) is 48.7 Å². The summed E-state index contributed by atoms with van der Waals surface area (Å²) in [7, 11) is 0. The summed E-state index contributed by atoms with van der Waals surface area (Å²) in [6.07, 6.45) is 1.02. The van der Waals surface area contributed by atoms with Crippen LogP contribution in [-0.4, -0.2) is 33.7 Å². The predicted octanol–water partition coefficient (Wildman–Crippen LogP) is 4.07. The summed E-state index contributed by atoms with van der Waals surface area (Å²) in [4.78, 5) is 28.8. The smallest absolute Gasteiger partial charge is 0.243 e. The second kappa shape index (κ2) is 10.2. The molecule has 2 amide bonds. The Labute approximate surface area is 179 Å². The second-order valence-corrected chi connectivity index (χ2v) is 8.28. The highest BCUT2D eigenvalue weighted by Gasteiger charge is 2.14. The number of benzene rings is 2. The maximum atomic E-state index is 12.9. The quantitative estimate of drug-likeness (QED) is 0.504.